The van der Waals surface area contributed by atoms with Crippen molar-refractivity contribution in [3.63, 3.8) is 0 Å². The highest BCUT2D eigenvalue weighted by Crippen LogP contribution is 2.37. The molecule has 3 aromatic rings. The molecule has 1 saturated heterocycles. The number of rotatable bonds is 4. The number of hydrogen-bond acceptors (Lipinski definition) is 4. The summed E-state index contributed by atoms with van der Waals surface area (Å²) >= 11 is 0. The molecule has 2 amide bonds. The summed E-state index contributed by atoms with van der Waals surface area (Å²) in [6.45, 7) is 0. The third-order valence-corrected chi connectivity index (χ3v) is 4.50. The number of benzene rings is 3. The first-order valence-electron chi connectivity index (χ1n) is 8.71. The van der Waals surface area contributed by atoms with Gasteiger partial charge in [0.15, 0.2) is 0 Å². The van der Waals surface area contributed by atoms with Crippen molar-refractivity contribution >= 4 is 28.9 Å². The minimum Gasteiger partial charge on any atom is -0.274 e. The van der Waals surface area contributed by atoms with Crippen molar-refractivity contribution in [2.75, 3.05) is 4.90 Å². The summed E-state index contributed by atoms with van der Waals surface area (Å²) in [6.07, 6.45) is 0.131. The Bertz CT molecular complexity index is 1000. The maximum atomic E-state index is 13.0. The van der Waals surface area contributed by atoms with Gasteiger partial charge >= 0.3 is 0 Å². The van der Waals surface area contributed by atoms with Crippen LogP contribution >= 0.6 is 0 Å². The van der Waals surface area contributed by atoms with E-state index in [0.29, 0.717) is 16.9 Å². The van der Waals surface area contributed by atoms with Gasteiger partial charge in [0.05, 0.1) is 23.0 Å². The average molecular weight is 355 g/mol. The second-order valence-corrected chi connectivity index (χ2v) is 6.25. The van der Waals surface area contributed by atoms with Gasteiger partial charge in [-0.2, -0.15) is 10.2 Å². The predicted molar refractivity (Wildman–Crippen MR) is 103 cm³/mol. The van der Waals surface area contributed by atoms with Crippen LogP contribution in [0.5, 0.6) is 0 Å². The predicted octanol–water partition coefficient (Wildman–Crippen LogP) is 5.15. The monoisotopic (exact) mass is 355 g/mol. The third-order valence-electron chi connectivity index (χ3n) is 4.50. The molecular formula is C22H17N3O2. The van der Waals surface area contributed by atoms with E-state index in [1.165, 1.54) is 4.90 Å². The lowest BCUT2D eigenvalue weighted by atomic mass is 9.96. The number of hydrogen-bond donors (Lipinski definition) is 0. The number of nitrogens with zero attached hydrogens (tertiary/aromatic N) is 3. The SMILES string of the molecule is O=C1CC(c2ccccc2N=Nc2ccccc2)C(=O)N1c1ccccc1. The molecule has 132 valence electrons. The number of carbonyl (C=O) groups excluding carboxylic acids is 2. The molecule has 1 heterocycles. The Morgan fingerprint density at radius 3 is 2.11 bits per heavy atom. The third kappa shape index (κ3) is 3.40. The number of amides is 2. The molecule has 0 aromatic heterocycles. The van der Waals surface area contributed by atoms with Crippen LogP contribution in [0.2, 0.25) is 0 Å². The molecule has 1 aliphatic rings. The molecule has 27 heavy (non-hydrogen) atoms. The van der Waals surface area contributed by atoms with E-state index in [0.717, 1.165) is 5.69 Å². The topological polar surface area (TPSA) is 62.1 Å². The van der Waals surface area contributed by atoms with Crippen LogP contribution < -0.4 is 4.90 Å². The molecule has 0 radical (unpaired) electrons. The van der Waals surface area contributed by atoms with Crippen molar-refractivity contribution in [3.8, 4) is 0 Å². The van der Waals surface area contributed by atoms with Gasteiger partial charge in [-0.15, -0.1) is 0 Å². The first-order chi connectivity index (χ1) is 13.2. The molecule has 1 unspecified atom stereocenters. The van der Waals surface area contributed by atoms with E-state index >= 15 is 0 Å². The number of anilines is 1. The van der Waals surface area contributed by atoms with E-state index in [-0.39, 0.29) is 18.2 Å². The lowest BCUT2D eigenvalue weighted by molar-refractivity contribution is -0.121. The van der Waals surface area contributed by atoms with E-state index in [2.05, 4.69) is 10.2 Å². The van der Waals surface area contributed by atoms with Gasteiger partial charge in [0.1, 0.15) is 0 Å². The van der Waals surface area contributed by atoms with E-state index in [1.807, 2.05) is 72.8 Å². The largest absolute Gasteiger partial charge is 0.274 e. The van der Waals surface area contributed by atoms with Crippen molar-refractivity contribution in [3.05, 3.63) is 90.5 Å². The van der Waals surface area contributed by atoms with Crippen molar-refractivity contribution in [2.24, 2.45) is 10.2 Å². The molecule has 5 heteroatoms. The summed E-state index contributed by atoms with van der Waals surface area (Å²) < 4.78 is 0. The minimum atomic E-state index is -0.552. The summed E-state index contributed by atoms with van der Waals surface area (Å²) in [5.74, 6) is -0.983. The fourth-order valence-corrected chi connectivity index (χ4v) is 3.20. The molecule has 3 aromatic carbocycles. The molecule has 1 atom stereocenters. The second kappa shape index (κ2) is 7.33. The Labute approximate surface area is 157 Å². The number of azo groups is 1. The fraction of sp³-hybridized carbons (Fsp3) is 0.0909. The molecule has 4 rings (SSSR count). The van der Waals surface area contributed by atoms with Crippen LogP contribution in [0.3, 0.4) is 0 Å². The molecule has 0 aliphatic carbocycles. The van der Waals surface area contributed by atoms with Gasteiger partial charge in [0.2, 0.25) is 11.8 Å². The van der Waals surface area contributed by atoms with Crippen LogP contribution in [-0.4, -0.2) is 11.8 Å². The Hall–Kier alpha value is -3.60. The average Bonchev–Trinajstić information content (AvgIpc) is 3.02. The first-order valence-corrected chi connectivity index (χ1v) is 8.71. The summed E-state index contributed by atoms with van der Waals surface area (Å²) in [7, 11) is 0. The van der Waals surface area contributed by atoms with Crippen LogP contribution in [0.4, 0.5) is 17.1 Å². The van der Waals surface area contributed by atoms with Crippen LogP contribution in [0.1, 0.15) is 17.9 Å². The maximum Gasteiger partial charge on any atom is 0.241 e. The van der Waals surface area contributed by atoms with Crippen LogP contribution in [-0.2, 0) is 9.59 Å². The molecule has 0 bridgehead atoms. The summed E-state index contributed by atoms with van der Waals surface area (Å²) in [5.41, 5.74) is 2.64. The van der Waals surface area contributed by atoms with Crippen LogP contribution in [0.25, 0.3) is 0 Å². The molecule has 1 fully saturated rings. The number of para-hydroxylation sites is 1. The highest BCUT2D eigenvalue weighted by Gasteiger charge is 2.41. The van der Waals surface area contributed by atoms with Gasteiger partial charge in [-0.25, -0.2) is 0 Å². The molecule has 0 N–H and O–H groups in total. The Morgan fingerprint density at radius 1 is 0.741 bits per heavy atom. The smallest absolute Gasteiger partial charge is 0.241 e. The van der Waals surface area contributed by atoms with E-state index in [4.69, 9.17) is 0 Å². The van der Waals surface area contributed by atoms with Crippen molar-refractivity contribution in [1.82, 2.24) is 0 Å². The van der Waals surface area contributed by atoms with E-state index < -0.39 is 5.92 Å². The van der Waals surface area contributed by atoms with Gasteiger partial charge in [0.25, 0.3) is 0 Å². The molecule has 0 spiro atoms. The van der Waals surface area contributed by atoms with Gasteiger partial charge < -0.3 is 0 Å². The standard InChI is InChI=1S/C22H17N3O2/c26-21-15-19(22(27)25(21)17-11-5-2-6-12-17)18-13-7-8-14-20(18)24-23-16-9-3-1-4-10-16/h1-14,19H,15H2. The minimum absolute atomic E-state index is 0.131. The lowest BCUT2D eigenvalue weighted by Crippen LogP contribution is -2.29. The summed E-state index contributed by atoms with van der Waals surface area (Å²) in [5, 5.41) is 8.57. The number of carbonyl (C=O) groups is 2. The van der Waals surface area contributed by atoms with Crippen molar-refractivity contribution in [2.45, 2.75) is 12.3 Å². The van der Waals surface area contributed by atoms with Crippen LogP contribution in [0, 0.1) is 0 Å². The molecule has 5 nitrogen and oxygen atoms in total. The highest BCUT2D eigenvalue weighted by atomic mass is 16.2. The Morgan fingerprint density at radius 2 is 1.37 bits per heavy atom. The van der Waals surface area contributed by atoms with Crippen LogP contribution in [0.15, 0.2) is 95.2 Å². The summed E-state index contributed by atoms with van der Waals surface area (Å²) in [4.78, 5) is 26.7. The Balaban J connectivity index is 1.66. The Kier molecular flexibility index (Phi) is 4.58. The van der Waals surface area contributed by atoms with Gasteiger partial charge in [-0.3, -0.25) is 14.5 Å². The quantitative estimate of drug-likeness (QED) is 0.480. The van der Waals surface area contributed by atoms with Crippen molar-refractivity contribution in [1.29, 1.82) is 0 Å². The number of imide groups is 1. The normalized spacial score (nSPS) is 17.0. The van der Waals surface area contributed by atoms with E-state index in [1.54, 1.807) is 12.1 Å². The summed E-state index contributed by atoms with van der Waals surface area (Å²) in [6, 6.07) is 25.7. The zero-order chi connectivity index (χ0) is 18.6. The van der Waals surface area contributed by atoms with Gasteiger partial charge in [0, 0.05) is 6.42 Å². The highest BCUT2D eigenvalue weighted by molar-refractivity contribution is 6.22. The molecule has 0 saturated carbocycles. The maximum absolute atomic E-state index is 13.0. The van der Waals surface area contributed by atoms with Gasteiger partial charge in [-0.1, -0.05) is 54.6 Å². The molecule has 1 aliphatic heterocycles. The first kappa shape index (κ1) is 16.8. The van der Waals surface area contributed by atoms with Gasteiger partial charge in [-0.05, 0) is 35.9 Å². The fourth-order valence-electron chi connectivity index (χ4n) is 3.20. The van der Waals surface area contributed by atoms with Crippen molar-refractivity contribution < 1.29 is 9.59 Å². The lowest BCUT2D eigenvalue weighted by Gasteiger charge is -2.15. The van der Waals surface area contributed by atoms with E-state index in [9.17, 15) is 9.59 Å². The molecular weight excluding hydrogens is 338 g/mol. The zero-order valence-electron chi connectivity index (χ0n) is 14.5. The second-order valence-electron chi connectivity index (χ2n) is 6.25. The zero-order valence-corrected chi connectivity index (χ0v) is 14.5.